The highest BCUT2D eigenvalue weighted by molar-refractivity contribution is 6.26. The molecule has 0 atom stereocenters. The summed E-state index contributed by atoms with van der Waals surface area (Å²) < 4.78 is 11.5. The van der Waals surface area contributed by atoms with E-state index in [0.717, 1.165) is 171 Å². The van der Waals surface area contributed by atoms with Gasteiger partial charge >= 0.3 is 0 Å². The average Bonchev–Trinajstić information content (AvgIpc) is 1.45. The van der Waals surface area contributed by atoms with Crippen LogP contribution in [0.15, 0.2) is 413 Å². The number of imidazole rings is 4. The van der Waals surface area contributed by atoms with Gasteiger partial charge in [-0.2, -0.15) is 0 Å². The first-order valence-corrected chi connectivity index (χ1v) is 44.2. The zero-order valence-electron chi connectivity index (χ0n) is 70.6. The minimum absolute atomic E-state index is 0.0298. The second-order valence-corrected chi connectivity index (χ2v) is 34.7. The largest absolute Gasteiger partial charge is 0.309 e. The summed E-state index contributed by atoms with van der Waals surface area (Å²) in [5.74, 6) is 0.928. The summed E-state index contributed by atoms with van der Waals surface area (Å²) in [6.45, 7) is 4.68. The quantitative estimate of drug-likeness (QED) is 0.152. The first kappa shape index (κ1) is 73.0. The molecule has 12 nitrogen and oxygen atoms in total. The molecule has 0 N–H and O–H groups in total. The summed E-state index contributed by atoms with van der Waals surface area (Å²) in [4.78, 5) is 34.9. The molecule has 130 heavy (non-hydrogen) atoms. The highest BCUT2D eigenvalue weighted by atomic mass is 15.1. The molecule has 0 fully saturated rings. The van der Waals surface area contributed by atoms with E-state index in [9.17, 15) is 0 Å². The summed E-state index contributed by atoms with van der Waals surface area (Å²) in [6.07, 6.45) is 5.63. The van der Waals surface area contributed by atoms with Crippen LogP contribution in [-0.2, 0) is 5.41 Å². The van der Waals surface area contributed by atoms with Gasteiger partial charge in [-0.3, -0.25) is 32.7 Å². The lowest BCUT2D eigenvalue weighted by molar-refractivity contribution is 0.660. The van der Waals surface area contributed by atoms with Gasteiger partial charge < -0.3 is 4.57 Å². The fourth-order valence-electron chi connectivity index (χ4n) is 21.2. The van der Waals surface area contributed by atoms with E-state index in [4.69, 9.17) is 34.9 Å². The van der Waals surface area contributed by atoms with Crippen molar-refractivity contribution < 1.29 is 0 Å². The van der Waals surface area contributed by atoms with Crippen LogP contribution in [-0.4, -0.2) is 57.2 Å². The van der Waals surface area contributed by atoms with Crippen molar-refractivity contribution in [2.75, 3.05) is 0 Å². The van der Waals surface area contributed by atoms with E-state index < -0.39 is 0 Å². The number of hydrogen-bond donors (Lipinski definition) is 0. The Balaban J connectivity index is 0.000000101. The maximum Gasteiger partial charge on any atom is 0.148 e. The van der Waals surface area contributed by atoms with Crippen LogP contribution in [0.25, 0.3) is 248 Å². The van der Waals surface area contributed by atoms with Crippen LogP contribution in [0.3, 0.4) is 0 Å². The second-order valence-electron chi connectivity index (χ2n) is 34.7. The summed E-state index contributed by atoms with van der Waals surface area (Å²) >= 11 is 0. The highest BCUT2D eigenvalue weighted by Gasteiger charge is 2.36. The number of pyridine rings is 6. The third-order valence-electron chi connectivity index (χ3n) is 27.3. The van der Waals surface area contributed by atoms with Crippen molar-refractivity contribution in [1.82, 2.24) is 57.2 Å². The van der Waals surface area contributed by atoms with Gasteiger partial charge in [-0.1, -0.05) is 263 Å². The number of aromatic nitrogens is 12. The van der Waals surface area contributed by atoms with E-state index in [0.29, 0.717) is 0 Å². The van der Waals surface area contributed by atoms with Gasteiger partial charge in [-0.15, -0.1) is 0 Å². The van der Waals surface area contributed by atoms with Crippen molar-refractivity contribution in [3.63, 3.8) is 0 Å². The number of rotatable bonds is 6. The lowest BCUT2D eigenvalue weighted by Crippen LogP contribution is -2.14. The Bertz CT molecular complexity index is 9620. The third-order valence-corrected chi connectivity index (χ3v) is 27.3. The standard InChI is InChI=1S/C41H25N5.C40H24N4.C37H25N3/c1-2-10-30(11-3-1)45-36-14-6-4-12-33(36)43-40(45)28-18-16-26(17-19-28)29-21-23-35-32(25-29)31-22-20-27-9-8-24-42-39(27)38(31)41-44-34-13-5-7-15-37(34)46(35)41;1-4-12-34-29(9-1)30-10-2-5-13-35(30)43(34)28-19-15-25(16-20-28)27-18-22-36-32(24-27)31-21-17-26-8-7-23-41-39(26)38(31)40-42-33-11-3-6-14-37(33)44(36)40;1-37(2)29-10-4-3-9-25(29)26-16-14-24(21-30(26)37)23-15-18-32-28(20-23)27-17-13-22-8-7-19-38-35(22)34(27)36-39-31-11-5-6-12-33(31)40(32)36/h1-25H;1-24H;3-21H,1-2H3. The van der Waals surface area contributed by atoms with Crippen molar-refractivity contribution in [2.45, 2.75) is 19.3 Å². The molecule has 0 bridgehead atoms. The Morgan fingerprint density at radius 3 is 1.05 bits per heavy atom. The molecule has 606 valence electrons. The van der Waals surface area contributed by atoms with Crippen LogP contribution in [0.4, 0.5) is 0 Å². The molecule has 1 aliphatic carbocycles. The molecule has 0 aliphatic heterocycles. The van der Waals surface area contributed by atoms with Crippen molar-refractivity contribution in [3.8, 4) is 67.3 Å². The van der Waals surface area contributed by atoms with Crippen LogP contribution >= 0.6 is 0 Å². The van der Waals surface area contributed by atoms with E-state index in [1.165, 1.54) is 87.9 Å². The predicted octanol–water partition coefficient (Wildman–Crippen LogP) is 29.4. The van der Waals surface area contributed by atoms with Crippen LogP contribution in [0, 0.1) is 0 Å². The summed E-state index contributed by atoms with van der Waals surface area (Å²) in [6, 6.07) is 141. The van der Waals surface area contributed by atoms with E-state index >= 15 is 0 Å². The smallest absolute Gasteiger partial charge is 0.148 e. The molecule has 28 aromatic rings. The molecular weight excluding hydrogens is 1590 g/mol. The topological polar surface area (TPSA) is 113 Å². The van der Waals surface area contributed by atoms with E-state index in [2.05, 4.69) is 394 Å². The van der Waals surface area contributed by atoms with Gasteiger partial charge in [0.25, 0.3) is 0 Å². The molecule has 12 heteroatoms. The van der Waals surface area contributed by atoms with Gasteiger partial charge in [0.1, 0.15) is 22.8 Å². The molecule has 0 amide bonds. The first-order chi connectivity index (χ1) is 64.2. The van der Waals surface area contributed by atoms with Crippen LogP contribution in [0.1, 0.15) is 25.0 Å². The minimum atomic E-state index is -0.0298. The fourth-order valence-corrected chi connectivity index (χ4v) is 21.2. The normalized spacial score (nSPS) is 12.6. The van der Waals surface area contributed by atoms with Crippen molar-refractivity contribution in [1.29, 1.82) is 0 Å². The number of hydrogen-bond acceptors (Lipinski definition) is 7. The average molecular weight is 1660 g/mol. The molecule has 11 aromatic heterocycles. The molecule has 29 rings (SSSR count). The first-order valence-electron chi connectivity index (χ1n) is 44.2. The SMILES string of the molecule is CC1(C)c2ccccc2-c2ccc(-c3ccc4c(c3)c3ccc5cccnc5c3c3nc5ccccc5n43)cc21.c1ccc(-n2c(-c3ccc(-c4ccc5c(c4)c4ccc6cccnc6c4c4nc6ccccc6n54)cc3)nc3ccccc32)cc1.c1cnc2c(c1)ccc1c3cc(-c4ccc(-n5c6ccccc6c6ccccc65)cc4)ccc3n3c4ccccc4nc3c12. The molecular formula is C118H74N12. The Hall–Kier alpha value is -17.4. The van der Waals surface area contributed by atoms with Gasteiger partial charge in [0.05, 0.1) is 104 Å². The Morgan fingerprint density at radius 2 is 0.569 bits per heavy atom. The predicted molar refractivity (Wildman–Crippen MR) is 537 cm³/mol. The molecule has 0 saturated heterocycles. The maximum absolute atomic E-state index is 5.12. The van der Waals surface area contributed by atoms with Gasteiger partial charge in [-0.25, -0.2) is 19.9 Å². The molecule has 1 aliphatic rings. The molecule has 0 unspecified atom stereocenters. The molecule has 0 saturated carbocycles. The highest BCUT2D eigenvalue weighted by Crippen LogP contribution is 2.51. The number of benzene rings is 17. The lowest BCUT2D eigenvalue weighted by atomic mass is 9.81. The maximum atomic E-state index is 5.12. The van der Waals surface area contributed by atoms with Gasteiger partial charge in [0, 0.05) is 84.0 Å². The zero-order valence-corrected chi connectivity index (χ0v) is 70.6. The molecule has 11 heterocycles. The van der Waals surface area contributed by atoms with Gasteiger partial charge in [-0.05, 0) is 217 Å². The second kappa shape index (κ2) is 28.3. The summed E-state index contributed by atoms with van der Waals surface area (Å²) in [5.41, 5.74) is 35.9. The summed E-state index contributed by atoms with van der Waals surface area (Å²) in [7, 11) is 0. The van der Waals surface area contributed by atoms with E-state index in [1.54, 1.807) is 0 Å². The van der Waals surface area contributed by atoms with Crippen LogP contribution in [0.5, 0.6) is 0 Å². The molecule has 17 aromatic carbocycles. The van der Waals surface area contributed by atoms with E-state index in [-0.39, 0.29) is 5.41 Å². The Morgan fingerprint density at radius 1 is 0.215 bits per heavy atom. The van der Waals surface area contributed by atoms with Crippen LogP contribution < -0.4 is 0 Å². The number of fused-ring (bicyclic) bond motifs is 37. The van der Waals surface area contributed by atoms with Gasteiger partial charge in [0.15, 0.2) is 0 Å². The monoisotopic (exact) mass is 1660 g/mol. The lowest BCUT2D eigenvalue weighted by Gasteiger charge is -2.22. The Labute approximate surface area is 743 Å². The summed E-state index contributed by atoms with van der Waals surface area (Å²) in [5, 5.41) is 16.2. The van der Waals surface area contributed by atoms with Crippen molar-refractivity contribution >= 4 is 181 Å². The van der Waals surface area contributed by atoms with Crippen molar-refractivity contribution in [2.24, 2.45) is 0 Å². The minimum Gasteiger partial charge on any atom is -0.309 e. The van der Waals surface area contributed by atoms with Crippen molar-refractivity contribution in [3.05, 3.63) is 424 Å². The number of para-hydroxylation sites is 11. The van der Waals surface area contributed by atoms with Crippen LogP contribution in [0.2, 0.25) is 0 Å². The van der Waals surface area contributed by atoms with Gasteiger partial charge in [0.2, 0.25) is 0 Å². The molecule has 0 spiro atoms. The fraction of sp³-hybridized carbons (Fsp3) is 0.0254. The Kier molecular flexibility index (Phi) is 15.9. The third kappa shape index (κ3) is 11.0. The zero-order chi connectivity index (χ0) is 85.6. The van der Waals surface area contributed by atoms with E-state index in [1.807, 2.05) is 55.0 Å². The number of nitrogens with zero attached hydrogens (tertiary/aromatic N) is 12. The molecule has 0 radical (unpaired) electrons.